The van der Waals surface area contributed by atoms with Gasteiger partial charge in [0.1, 0.15) is 4.90 Å². The molecule has 0 bridgehead atoms. The Morgan fingerprint density at radius 3 is 2.00 bits per heavy atom. The summed E-state index contributed by atoms with van der Waals surface area (Å²) >= 11 is 17.6. The Balaban J connectivity index is 3.25. The highest BCUT2D eigenvalue weighted by Gasteiger charge is 2.31. The predicted molar refractivity (Wildman–Crippen MR) is 82.1 cm³/mol. The summed E-state index contributed by atoms with van der Waals surface area (Å²) in [6, 6.07) is 1.93. The second-order valence-corrected chi connectivity index (χ2v) is 8.32. The standard InChI is InChI=1S/C12H16Cl3NO3S/c1-12(2,3)10(6-17)16-20(18,19)11-8(14)4-7(13)5-9(11)15/h4-5,10,16-17H,6H2,1-3H3/t10-/m1/s1. The van der Waals surface area contributed by atoms with Gasteiger partial charge in [0, 0.05) is 11.1 Å². The lowest BCUT2D eigenvalue weighted by molar-refractivity contribution is 0.177. The molecule has 0 radical (unpaired) electrons. The van der Waals surface area contributed by atoms with E-state index < -0.39 is 21.5 Å². The number of hydrogen-bond donors (Lipinski definition) is 2. The van der Waals surface area contributed by atoms with Crippen LogP contribution in [0.3, 0.4) is 0 Å². The molecule has 114 valence electrons. The fraction of sp³-hybridized carbons (Fsp3) is 0.500. The Kier molecular flexibility index (Phi) is 5.75. The first-order valence-corrected chi connectivity index (χ1v) is 8.38. The monoisotopic (exact) mass is 359 g/mol. The number of hydrogen-bond acceptors (Lipinski definition) is 3. The third kappa shape index (κ3) is 4.23. The molecule has 0 saturated heterocycles. The predicted octanol–water partition coefficient (Wildman–Crippen LogP) is 3.33. The van der Waals surface area contributed by atoms with Crippen LogP contribution in [0.1, 0.15) is 20.8 Å². The van der Waals surface area contributed by atoms with Crippen LogP contribution in [0, 0.1) is 5.41 Å². The van der Waals surface area contributed by atoms with Crippen LogP contribution >= 0.6 is 34.8 Å². The lowest BCUT2D eigenvalue weighted by Gasteiger charge is -2.29. The van der Waals surface area contributed by atoms with Gasteiger partial charge in [0.15, 0.2) is 0 Å². The van der Waals surface area contributed by atoms with Gasteiger partial charge in [-0.3, -0.25) is 0 Å². The van der Waals surface area contributed by atoms with Crippen molar-refractivity contribution in [1.29, 1.82) is 0 Å². The molecule has 0 fully saturated rings. The Morgan fingerprint density at radius 1 is 1.20 bits per heavy atom. The van der Waals surface area contributed by atoms with Gasteiger partial charge in [-0.15, -0.1) is 0 Å². The van der Waals surface area contributed by atoms with Crippen molar-refractivity contribution in [2.75, 3.05) is 6.61 Å². The van der Waals surface area contributed by atoms with E-state index in [0.29, 0.717) is 0 Å². The second-order valence-electron chi connectivity index (χ2n) is 5.42. The minimum atomic E-state index is -3.97. The number of benzene rings is 1. The molecule has 1 rings (SSSR count). The first kappa shape index (κ1) is 18.0. The van der Waals surface area contributed by atoms with Crippen LogP contribution in [-0.2, 0) is 10.0 Å². The smallest absolute Gasteiger partial charge is 0.243 e. The molecule has 1 atom stereocenters. The first-order chi connectivity index (χ1) is 8.99. The van der Waals surface area contributed by atoms with E-state index in [1.54, 1.807) is 0 Å². The quantitative estimate of drug-likeness (QED) is 0.865. The molecule has 0 spiro atoms. The largest absolute Gasteiger partial charge is 0.395 e. The van der Waals surface area contributed by atoms with E-state index in [2.05, 4.69) is 4.72 Å². The lowest BCUT2D eigenvalue weighted by atomic mass is 9.88. The van der Waals surface area contributed by atoms with Crippen molar-refractivity contribution in [3.05, 3.63) is 27.2 Å². The third-order valence-electron chi connectivity index (χ3n) is 2.76. The number of rotatable bonds is 4. The van der Waals surface area contributed by atoms with Crippen LogP contribution in [-0.4, -0.2) is 26.2 Å². The van der Waals surface area contributed by atoms with E-state index in [1.807, 2.05) is 20.8 Å². The van der Waals surface area contributed by atoms with Gasteiger partial charge < -0.3 is 5.11 Å². The van der Waals surface area contributed by atoms with Gasteiger partial charge in [0.2, 0.25) is 10.0 Å². The molecule has 20 heavy (non-hydrogen) atoms. The van der Waals surface area contributed by atoms with E-state index in [4.69, 9.17) is 34.8 Å². The van der Waals surface area contributed by atoms with Crippen LogP contribution in [0.5, 0.6) is 0 Å². The van der Waals surface area contributed by atoms with E-state index in [-0.39, 0.29) is 26.6 Å². The molecule has 0 amide bonds. The van der Waals surface area contributed by atoms with Crippen LogP contribution in [0.25, 0.3) is 0 Å². The molecule has 0 unspecified atom stereocenters. The molecule has 0 aliphatic heterocycles. The summed E-state index contributed by atoms with van der Waals surface area (Å²) in [5.41, 5.74) is -0.465. The van der Waals surface area contributed by atoms with Crippen LogP contribution < -0.4 is 4.72 Å². The Bertz CT molecular complexity index is 573. The SMILES string of the molecule is CC(C)(C)[C@@H](CO)NS(=O)(=O)c1c(Cl)cc(Cl)cc1Cl. The molecule has 0 heterocycles. The summed E-state index contributed by atoms with van der Waals surface area (Å²) in [6.45, 7) is 5.08. The van der Waals surface area contributed by atoms with Crippen molar-refractivity contribution in [3.63, 3.8) is 0 Å². The van der Waals surface area contributed by atoms with Crippen LogP contribution in [0.4, 0.5) is 0 Å². The third-order valence-corrected chi connectivity index (χ3v) is 5.37. The van der Waals surface area contributed by atoms with Gasteiger partial charge >= 0.3 is 0 Å². The fourth-order valence-electron chi connectivity index (χ4n) is 1.52. The number of aliphatic hydroxyl groups excluding tert-OH is 1. The summed E-state index contributed by atoms with van der Waals surface area (Å²) < 4.78 is 27.1. The molecule has 0 saturated carbocycles. The van der Waals surface area contributed by atoms with Crippen molar-refractivity contribution < 1.29 is 13.5 Å². The zero-order valence-electron chi connectivity index (χ0n) is 11.2. The summed E-state index contributed by atoms with van der Waals surface area (Å²) in [5, 5.41) is 9.45. The zero-order chi connectivity index (χ0) is 15.7. The maximum atomic E-state index is 12.4. The summed E-state index contributed by atoms with van der Waals surface area (Å²) in [7, 11) is -3.97. The highest BCUT2D eigenvalue weighted by atomic mass is 35.5. The highest BCUT2D eigenvalue weighted by molar-refractivity contribution is 7.89. The minimum absolute atomic E-state index is 0.0689. The number of nitrogens with one attached hydrogen (secondary N) is 1. The van der Waals surface area contributed by atoms with E-state index in [1.165, 1.54) is 12.1 Å². The van der Waals surface area contributed by atoms with Gasteiger partial charge in [-0.25, -0.2) is 13.1 Å². The fourth-order valence-corrected chi connectivity index (χ4v) is 4.50. The maximum absolute atomic E-state index is 12.4. The van der Waals surface area contributed by atoms with Gasteiger partial charge in [-0.1, -0.05) is 55.6 Å². The highest BCUT2D eigenvalue weighted by Crippen LogP contribution is 2.33. The minimum Gasteiger partial charge on any atom is -0.395 e. The number of halogens is 3. The molecule has 0 aliphatic carbocycles. The number of aliphatic hydroxyl groups is 1. The van der Waals surface area contributed by atoms with Crippen molar-refractivity contribution >= 4 is 44.8 Å². The van der Waals surface area contributed by atoms with Crippen molar-refractivity contribution in [3.8, 4) is 0 Å². The lowest BCUT2D eigenvalue weighted by Crippen LogP contribution is -2.46. The first-order valence-electron chi connectivity index (χ1n) is 5.77. The van der Waals surface area contributed by atoms with Crippen molar-refractivity contribution in [2.24, 2.45) is 5.41 Å². The van der Waals surface area contributed by atoms with Crippen LogP contribution in [0.2, 0.25) is 15.1 Å². The molecule has 2 N–H and O–H groups in total. The summed E-state index contributed by atoms with van der Waals surface area (Å²) in [4.78, 5) is -0.243. The Hall–Kier alpha value is -0.0400. The van der Waals surface area contributed by atoms with E-state index in [0.717, 1.165) is 0 Å². The van der Waals surface area contributed by atoms with Gasteiger partial charge in [-0.05, 0) is 17.5 Å². The van der Waals surface area contributed by atoms with Crippen LogP contribution in [0.15, 0.2) is 17.0 Å². The van der Waals surface area contributed by atoms with Gasteiger partial charge in [0.25, 0.3) is 0 Å². The van der Waals surface area contributed by atoms with Crippen molar-refractivity contribution in [1.82, 2.24) is 4.72 Å². The average molecular weight is 361 g/mol. The topological polar surface area (TPSA) is 66.4 Å². The molecule has 8 heteroatoms. The maximum Gasteiger partial charge on any atom is 0.243 e. The molecular formula is C12H16Cl3NO3S. The molecule has 4 nitrogen and oxygen atoms in total. The zero-order valence-corrected chi connectivity index (χ0v) is 14.3. The Morgan fingerprint density at radius 2 is 1.65 bits per heavy atom. The second kappa shape index (κ2) is 6.38. The molecule has 0 aliphatic rings. The van der Waals surface area contributed by atoms with E-state index >= 15 is 0 Å². The van der Waals surface area contributed by atoms with Gasteiger partial charge in [0.05, 0.1) is 16.7 Å². The normalized spacial score (nSPS) is 14.3. The van der Waals surface area contributed by atoms with E-state index in [9.17, 15) is 13.5 Å². The summed E-state index contributed by atoms with van der Waals surface area (Å²) in [5.74, 6) is 0. The van der Waals surface area contributed by atoms with Gasteiger partial charge in [-0.2, -0.15) is 0 Å². The number of sulfonamides is 1. The Labute approximate surface area is 134 Å². The molecular weight excluding hydrogens is 345 g/mol. The summed E-state index contributed by atoms with van der Waals surface area (Å²) in [6.07, 6.45) is 0. The molecule has 1 aromatic rings. The molecule has 0 aromatic heterocycles. The van der Waals surface area contributed by atoms with Crippen molar-refractivity contribution in [2.45, 2.75) is 31.7 Å². The average Bonchev–Trinajstić information content (AvgIpc) is 2.22. The molecule has 1 aromatic carbocycles.